The van der Waals surface area contributed by atoms with Gasteiger partial charge in [-0.1, -0.05) is 19.9 Å². The first-order valence-electron chi connectivity index (χ1n) is 7.17. The summed E-state index contributed by atoms with van der Waals surface area (Å²) in [5, 5.41) is 8.68. The Hall–Kier alpha value is -1.56. The number of nitrogens with zero attached hydrogens (tertiary/aromatic N) is 2. The van der Waals surface area contributed by atoms with Gasteiger partial charge in [0.1, 0.15) is 6.54 Å². The molecule has 0 aliphatic rings. The normalized spacial score (nSPS) is 13.1. The molecule has 1 rings (SSSR count). The third-order valence-corrected chi connectivity index (χ3v) is 4.12. The molecular formula is C15H26N4OS. The molecule has 1 amide bonds. The number of hydrogen-bond donors (Lipinski definition) is 2. The van der Waals surface area contributed by atoms with Crippen molar-refractivity contribution in [2.75, 3.05) is 20.6 Å². The SMILES string of the molecule is CC(C)C(C)NC(=NCC(=O)N(C)C)NCc1cccs1. The summed E-state index contributed by atoms with van der Waals surface area (Å²) in [6, 6.07) is 4.39. The van der Waals surface area contributed by atoms with Crippen molar-refractivity contribution in [3.63, 3.8) is 0 Å². The maximum Gasteiger partial charge on any atom is 0.243 e. The average Bonchev–Trinajstić information content (AvgIpc) is 2.94. The van der Waals surface area contributed by atoms with Crippen molar-refractivity contribution >= 4 is 23.2 Å². The van der Waals surface area contributed by atoms with Gasteiger partial charge in [0, 0.05) is 25.0 Å². The molecule has 5 nitrogen and oxygen atoms in total. The van der Waals surface area contributed by atoms with Crippen molar-refractivity contribution in [1.29, 1.82) is 0 Å². The van der Waals surface area contributed by atoms with Crippen molar-refractivity contribution in [2.45, 2.75) is 33.4 Å². The molecule has 118 valence electrons. The highest BCUT2D eigenvalue weighted by molar-refractivity contribution is 7.09. The van der Waals surface area contributed by atoms with Gasteiger partial charge in [-0.25, -0.2) is 4.99 Å². The van der Waals surface area contributed by atoms with Crippen LogP contribution >= 0.6 is 11.3 Å². The molecule has 1 aromatic heterocycles. The smallest absolute Gasteiger partial charge is 0.243 e. The van der Waals surface area contributed by atoms with Gasteiger partial charge in [0.15, 0.2) is 5.96 Å². The second kappa shape index (κ2) is 8.67. The highest BCUT2D eigenvalue weighted by atomic mass is 32.1. The number of amides is 1. The first-order chi connectivity index (χ1) is 9.90. The van der Waals surface area contributed by atoms with E-state index in [4.69, 9.17) is 0 Å². The second-order valence-corrected chi connectivity index (χ2v) is 6.60. The van der Waals surface area contributed by atoms with E-state index in [1.807, 2.05) is 11.4 Å². The molecule has 0 aliphatic heterocycles. The monoisotopic (exact) mass is 310 g/mol. The van der Waals surface area contributed by atoms with Crippen molar-refractivity contribution in [2.24, 2.45) is 10.9 Å². The lowest BCUT2D eigenvalue weighted by molar-refractivity contribution is -0.127. The minimum Gasteiger partial charge on any atom is -0.354 e. The Balaban J connectivity index is 2.64. The summed E-state index contributed by atoms with van der Waals surface area (Å²) in [7, 11) is 3.47. The summed E-state index contributed by atoms with van der Waals surface area (Å²) < 4.78 is 0. The molecule has 1 atom stereocenters. The molecule has 1 heterocycles. The number of hydrogen-bond acceptors (Lipinski definition) is 3. The van der Waals surface area contributed by atoms with Gasteiger partial charge in [-0.3, -0.25) is 4.79 Å². The fourth-order valence-electron chi connectivity index (χ4n) is 1.41. The summed E-state index contributed by atoms with van der Waals surface area (Å²) in [5.41, 5.74) is 0. The Morgan fingerprint density at radius 1 is 1.38 bits per heavy atom. The standard InChI is InChI=1S/C15H26N4OS/c1-11(2)12(3)18-15(17-10-14(20)19(4)5)16-9-13-7-6-8-21-13/h6-8,11-12H,9-10H2,1-5H3,(H2,16,17,18). The molecule has 2 N–H and O–H groups in total. The zero-order valence-corrected chi connectivity index (χ0v) is 14.3. The third kappa shape index (κ3) is 6.62. The van der Waals surface area contributed by atoms with Gasteiger partial charge < -0.3 is 15.5 Å². The number of likely N-dealkylation sites (N-methyl/N-ethyl adjacent to an activating group) is 1. The van der Waals surface area contributed by atoms with Crippen LogP contribution in [0.5, 0.6) is 0 Å². The van der Waals surface area contributed by atoms with Crippen LogP contribution in [0, 0.1) is 5.92 Å². The van der Waals surface area contributed by atoms with Crippen LogP contribution in [0.1, 0.15) is 25.6 Å². The van der Waals surface area contributed by atoms with Crippen LogP contribution in [0.4, 0.5) is 0 Å². The summed E-state index contributed by atoms with van der Waals surface area (Å²) in [5.74, 6) is 1.16. The minimum absolute atomic E-state index is 0.00979. The van der Waals surface area contributed by atoms with E-state index in [1.54, 1.807) is 30.3 Å². The zero-order chi connectivity index (χ0) is 15.8. The molecule has 0 bridgehead atoms. The van der Waals surface area contributed by atoms with E-state index < -0.39 is 0 Å². The lowest BCUT2D eigenvalue weighted by atomic mass is 10.1. The van der Waals surface area contributed by atoms with Crippen LogP contribution in [0.2, 0.25) is 0 Å². The van der Waals surface area contributed by atoms with E-state index in [2.05, 4.69) is 42.5 Å². The van der Waals surface area contributed by atoms with Crippen molar-refractivity contribution in [3.8, 4) is 0 Å². The first kappa shape index (κ1) is 17.5. The molecule has 0 radical (unpaired) electrons. The Bertz CT molecular complexity index is 454. The second-order valence-electron chi connectivity index (χ2n) is 5.56. The first-order valence-corrected chi connectivity index (χ1v) is 8.05. The summed E-state index contributed by atoms with van der Waals surface area (Å²) in [6.45, 7) is 7.28. The van der Waals surface area contributed by atoms with Gasteiger partial charge in [0.05, 0.1) is 6.54 Å². The van der Waals surface area contributed by atoms with E-state index in [0.29, 0.717) is 18.4 Å². The molecular weight excluding hydrogens is 284 g/mol. The Morgan fingerprint density at radius 3 is 2.62 bits per heavy atom. The number of carbonyl (C=O) groups excluding carboxylic acids is 1. The number of nitrogens with one attached hydrogen (secondary N) is 2. The number of aliphatic imine (C=N–C) groups is 1. The fraction of sp³-hybridized carbons (Fsp3) is 0.600. The van der Waals surface area contributed by atoms with Crippen molar-refractivity contribution in [1.82, 2.24) is 15.5 Å². The molecule has 0 aromatic carbocycles. The zero-order valence-electron chi connectivity index (χ0n) is 13.5. The van der Waals surface area contributed by atoms with Crippen LogP contribution in [0.3, 0.4) is 0 Å². The van der Waals surface area contributed by atoms with E-state index in [0.717, 1.165) is 0 Å². The molecule has 0 fully saturated rings. The van der Waals surface area contributed by atoms with E-state index in [9.17, 15) is 4.79 Å². The van der Waals surface area contributed by atoms with Crippen LogP contribution in [-0.2, 0) is 11.3 Å². The van der Waals surface area contributed by atoms with Crippen LogP contribution < -0.4 is 10.6 Å². The molecule has 21 heavy (non-hydrogen) atoms. The van der Waals surface area contributed by atoms with Crippen molar-refractivity contribution in [3.05, 3.63) is 22.4 Å². The van der Waals surface area contributed by atoms with Gasteiger partial charge in [0.25, 0.3) is 0 Å². The van der Waals surface area contributed by atoms with E-state index in [-0.39, 0.29) is 18.5 Å². The average molecular weight is 310 g/mol. The van der Waals surface area contributed by atoms with Crippen LogP contribution in [0.15, 0.2) is 22.5 Å². The minimum atomic E-state index is -0.00979. The maximum absolute atomic E-state index is 11.7. The van der Waals surface area contributed by atoms with E-state index in [1.165, 1.54) is 4.88 Å². The number of rotatable bonds is 6. The number of carbonyl (C=O) groups is 1. The highest BCUT2D eigenvalue weighted by Crippen LogP contribution is 2.07. The number of guanidine groups is 1. The molecule has 1 aromatic rings. The predicted molar refractivity (Wildman–Crippen MR) is 89.6 cm³/mol. The van der Waals surface area contributed by atoms with Gasteiger partial charge in [-0.05, 0) is 24.3 Å². The van der Waals surface area contributed by atoms with Gasteiger partial charge in [0.2, 0.25) is 5.91 Å². The fourth-order valence-corrected chi connectivity index (χ4v) is 2.05. The highest BCUT2D eigenvalue weighted by Gasteiger charge is 2.10. The Morgan fingerprint density at radius 2 is 2.10 bits per heavy atom. The van der Waals surface area contributed by atoms with Gasteiger partial charge in [-0.2, -0.15) is 0 Å². The number of thiophene rings is 1. The molecule has 1 unspecified atom stereocenters. The lowest BCUT2D eigenvalue weighted by Gasteiger charge is -2.21. The van der Waals surface area contributed by atoms with Gasteiger partial charge in [-0.15, -0.1) is 11.3 Å². The van der Waals surface area contributed by atoms with Crippen LogP contribution in [-0.4, -0.2) is 43.4 Å². The van der Waals surface area contributed by atoms with Gasteiger partial charge >= 0.3 is 0 Å². The Labute approximate surface area is 131 Å². The molecule has 0 aliphatic carbocycles. The third-order valence-electron chi connectivity index (χ3n) is 3.25. The molecule has 0 saturated carbocycles. The quantitative estimate of drug-likeness (QED) is 0.623. The molecule has 6 heteroatoms. The van der Waals surface area contributed by atoms with Crippen LogP contribution in [0.25, 0.3) is 0 Å². The lowest BCUT2D eigenvalue weighted by Crippen LogP contribution is -2.44. The predicted octanol–water partition coefficient (Wildman–Crippen LogP) is 1.92. The topological polar surface area (TPSA) is 56.7 Å². The summed E-state index contributed by atoms with van der Waals surface area (Å²) in [4.78, 5) is 18.8. The largest absolute Gasteiger partial charge is 0.354 e. The summed E-state index contributed by atoms with van der Waals surface area (Å²) in [6.07, 6.45) is 0. The van der Waals surface area contributed by atoms with Crippen molar-refractivity contribution < 1.29 is 4.79 Å². The molecule has 0 saturated heterocycles. The Kier molecular flexibility index (Phi) is 7.22. The maximum atomic E-state index is 11.7. The summed E-state index contributed by atoms with van der Waals surface area (Å²) >= 11 is 1.70. The van der Waals surface area contributed by atoms with E-state index >= 15 is 0 Å². The molecule has 0 spiro atoms.